The van der Waals surface area contributed by atoms with Gasteiger partial charge < -0.3 is 5.32 Å². The van der Waals surface area contributed by atoms with Gasteiger partial charge in [-0.25, -0.2) is 4.98 Å². The van der Waals surface area contributed by atoms with Gasteiger partial charge in [0.25, 0.3) is 0 Å². The van der Waals surface area contributed by atoms with Crippen molar-refractivity contribution >= 4 is 17.7 Å². The monoisotopic (exact) mass is 290 g/mol. The fourth-order valence-corrected chi connectivity index (χ4v) is 2.56. The van der Waals surface area contributed by atoms with Gasteiger partial charge in [-0.05, 0) is 24.6 Å². The zero-order valence-electron chi connectivity index (χ0n) is 11.4. The molecule has 106 valence electrons. The number of hydrogen-bond acceptors (Lipinski definition) is 4. The molecule has 0 spiro atoms. The lowest BCUT2D eigenvalue weighted by atomic mass is 10.2. The summed E-state index contributed by atoms with van der Waals surface area (Å²) in [4.78, 5) is 16.3. The molecule has 2 heterocycles. The van der Waals surface area contributed by atoms with Crippen LogP contribution in [0.1, 0.15) is 19.4 Å². The second-order valence-electron chi connectivity index (χ2n) is 4.22. The van der Waals surface area contributed by atoms with Gasteiger partial charge in [-0.2, -0.15) is 5.10 Å². The standard InChI is InChI=1S/C14H18N4OS/c1-2-12(18-10-5-8-17-18)14(19)16-9-11-20-13-6-3-4-7-15-13/h3-8,10,12H,2,9,11H2,1H3,(H,16,19)/t12-/m1/s1. The summed E-state index contributed by atoms with van der Waals surface area (Å²) in [6, 6.07) is 7.41. The van der Waals surface area contributed by atoms with E-state index in [4.69, 9.17) is 0 Å². The fourth-order valence-electron chi connectivity index (χ4n) is 1.84. The molecular weight excluding hydrogens is 272 g/mol. The van der Waals surface area contributed by atoms with E-state index in [-0.39, 0.29) is 11.9 Å². The van der Waals surface area contributed by atoms with E-state index in [9.17, 15) is 4.79 Å². The van der Waals surface area contributed by atoms with Crippen molar-refractivity contribution in [3.8, 4) is 0 Å². The average Bonchev–Trinajstić information content (AvgIpc) is 2.99. The van der Waals surface area contributed by atoms with Crippen molar-refractivity contribution in [2.24, 2.45) is 0 Å². The van der Waals surface area contributed by atoms with Crippen molar-refractivity contribution in [1.82, 2.24) is 20.1 Å². The molecule has 1 N–H and O–H groups in total. The zero-order valence-corrected chi connectivity index (χ0v) is 12.2. The Morgan fingerprint density at radius 1 is 1.40 bits per heavy atom. The molecule has 1 amide bonds. The number of thioether (sulfide) groups is 1. The quantitative estimate of drug-likeness (QED) is 0.627. The molecule has 2 aromatic rings. The molecule has 0 radical (unpaired) electrons. The van der Waals surface area contributed by atoms with E-state index in [0.717, 1.165) is 17.2 Å². The summed E-state index contributed by atoms with van der Waals surface area (Å²) in [6.07, 6.45) is 6.00. The second kappa shape index (κ2) is 7.69. The number of rotatable bonds is 7. The summed E-state index contributed by atoms with van der Waals surface area (Å²) in [5.41, 5.74) is 0. The highest BCUT2D eigenvalue weighted by molar-refractivity contribution is 7.99. The van der Waals surface area contributed by atoms with E-state index < -0.39 is 0 Å². The molecule has 0 unspecified atom stereocenters. The molecule has 0 bridgehead atoms. The maximum Gasteiger partial charge on any atom is 0.244 e. The number of carbonyl (C=O) groups excluding carboxylic acids is 1. The van der Waals surface area contributed by atoms with Crippen LogP contribution in [-0.2, 0) is 4.79 Å². The summed E-state index contributed by atoms with van der Waals surface area (Å²) in [5, 5.41) is 8.04. The van der Waals surface area contributed by atoms with Crippen LogP contribution in [-0.4, -0.2) is 33.0 Å². The van der Waals surface area contributed by atoms with E-state index in [2.05, 4.69) is 15.4 Å². The maximum absolute atomic E-state index is 12.1. The molecule has 0 aromatic carbocycles. The average molecular weight is 290 g/mol. The Balaban J connectivity index is 1.74. The number of nitrogens with zero attached hydrogens (tertiary/aromatic N) is 3. The first kappa shape index (κ1) is 14.6. The molecule has 2 aromatic heterocycles. The van der Waals surface area contributed by atoms with E-state index >= 15 is 0 Å². The van der Waals surface area contributed by atoms with Crippen molar-refractivity contribution in [3.05, 3.63) is 42.9 Å². The summed E-state index contributed by atoms with van der Waals surface area (Å²) >= 11 is 1.63. The van der Waals surface area contributed by atoms with E-state index in [1.54, 1.807) is 28.8 Å². The molecule has 1 atom stereocenters. The molecule has 0 aliphatic carbocycles. The topological polar surface area (TPSA) is 59.8 Å². The highest BCUT2D eigenvalue weighted by atomic mass is 32.2. The Hall–Kier alpha value is -1.82. The molecule has 6 heteroatoms. The SMILES string of the molecule is CC[C@H](C(=O)NCCSc1ccccn1)n1cccn1. The van der Waals surface area contributed by atoms with Crippen LogP contribution in [0.4, 0.5) is 0 Å². The van der Waals surface area contributed by atoms with Crippen molar-refractivity contribution < 1.29 is 4.79 Å². The van der Waals surface area contributed by atoms with Crippen LogP contribution in [0.5, 0.6) is 0 Å². The summed E-state index contributed by atoms with van der Waals surface area (Å²) in [5.74, 6) is 0.816. The minimum absolute atomic E-state index is 0.0119. The van der Waals surface area contributed by atoms with Gasteiger partial charge in [0, 0.05) is 30.9 Å². The Morgan fingerprint density at radius 2 is 2.30 bits per heavy atom. The highest BCUT2D eigenvalue weighted by Gasteiger charge is 2.17. The largest absolute Gasteiger partial charge is 0.353 e. The summed E-state index contributed by atoms with van der Waals surface area (Å²) < 4.78 is 1.70. The lowest BCUT2D eigenvalue weighted by molar-refractivity contribution is -0.124. The summed E-state index contributed by atoms with van der Waals surface area (Å²) in [7, 11) is 0. The van der Waals surface area contributed by atoms with Gasteiger partial charge in [0.15, 0.2) is 0 Å². The first-order valence-corrected chi connectivity index (χ1v) is 7.60. The van der Waals surface area contributed by atoms with E-state index in [1.165, 1.54) is 0 Å². The maximum atomic E-state index is 12.1. The Morgan fingerprint density at radius 3 is 2.95 bits per heavy atom. The molecule has 2 rings (SSSR count). The van der Waals surface area contributed by atoms with Gasteiger partial charge in [0.2, 0.25) is 5.91 Å². The van der Waals surface area contributed by atoms with Gasteiger partial charge in [0.05, 0.1) is 5.03 Å². The molecule has 0 fully saturated rings. The van der Waals surface area contributed by atoms with Gasteiger partial charge in [-0.3, -0.25) is 9.48 Å². The van der Waals surface area contributed by atoms with Crippen LogP contribution in [0.2, 0.25) is 0 Å². The van der Waals surface area contributed by atoms with E-state index in [1.807, 2.05) is 37.4 Å². The lowest BCUT2D eigenvalue weighted by Gasteiger charge is -2.15. The van der Waals surface area contributed by atoms with Crippen molar-refractivity contribution in [2.45, 2.75) is 24.4 Å². The van der Waals surface area contributed by atoms with Crippen LogP contribution in [0.3, 0.4) is 0 Å². The molecule has 0 saturated heterocycles. The number of hydrogen-bond donors (Lipinski definition) is 1. The third-order valence-electron chi connectivity index (χ3n) is 2.82. The van der Waals surface area contributed by atoms with E-state index in [0.29, 0.717) is 6.54 Å². The number of pyridine rings is 1. The highest BCUT2D eigenvalue weighted by Crippen LogP contribution is 2.13. The molecule has 5 nitrogen and oxygen atoms in total. The fraction of sp³-hybridized carbons (Fsp3) is 0.357. The number of nitrogens with one attached hydrogen (secondary N) is 1. The Labute approximate surface area is 122 Å². The number of carbonyl (C=O) groups is 1. The number of amides is 1. The number of aromatic nitrogens is 3. The minimum atomic E-state index is -0.232. The molecular formula is C14H18N4OS. The Bertz CT molecular complexity index is 515. The van der Waals surface area contributed by atoms with Gasteiger partial charge >= 0.3 is 0 Å². The molecule has 0 saturated carbocycles. The smallest absolute Gasteiger partial charge is 0.244 e. The molecule has 20 heavy (non-hydrogen) atoms. The van der Waals surface area contributed by atoms with Crippen LogP contribution in [0, 0.1) is 0 Å². The van der Waals surface area contributed by atoms with Crippen molar-refractivity contribution in [3.63, 3.8) is 0 Å². The molecule has 0 aliphatic rings. The Kier molecular flexibility index (Phi) is 5.61. The van der Waals surface area contributed by atoms with Crippen LogP contribution >= 0.6 is 11.8 Å². The molecule has 0 aliphatic heterocycles. The van der Waals surface area contributed by atoms with Gasteiger partial charge in [0.1, 0.15) is 6.04 Å². The van der Waals surface area contributed by atoms with Crippen molar-refractivity contribution in [1.29, 1.82) is 0 Å². The first-order chi connectivity index (χ1) is 9.81. The van der Waals surface area contributed by atoms with Crippen LogP contribution < -0.4 is 5.32 Å². The van der Waals surface area contributed by atoms with Gasteiger partial charge in [-0.15, -0.1) is 11.8 Å². The zero-order chi connectivity index (χ0) is 14.2. The third-order valence-corrected chi connectivity index (χ3v) is 3.77. The van der Waals surface area contributed by atoms with Crippen LogP contribution in [0.25, 0.3) is 0 Å². The van der Waals surface area contributed by atoms with Crippen molar-refractivity contribution in [2.75, 3.05) is 12.3 Å². The summed E-state index contributed by atoms with van der Waals surface area (Å²) in [6.45, 7) is 2.60. The third kappa shape index (κ3) is 4.09. The minimum Gasteiger partial charge on any atom is -0.353 e. The predicted octanol–water partition coefficient (Wildman–Crippen LogP) is 2.14. The first-order valence-electron chi connectivity index (χ1n) is 6.62. The predicted molar refractivity (Wildman–Crippen MR) is 79.5 cm³/mol. The van der Waals surface area contributed by atoms with Crippen LogP contribution in [0.15, 0.2) is 47.9 Å². The second-order valence-corrected chi connectivity index (χ2v) is 5.33. The lowest BCUT2D eigenvalue weighted by Crippen LogP contribution is -2.33. The normalized spacial score (nSPS) is 12.1. The van der Waals surface area contributed by atoms with Gasteiger partial charge in [-0.1, -0.05) is 13.0 Å².